The smallest absolute Gasteiger partial charge is 0.305 e. The molecule has 0 unspecified atom stereocenters. The second-order valence-electron chi connectivity index (χ2n) is 3.53. The van der Waals surface area contributed by atoms with Crippen molar-refractivity contribution in [3.8, 4) is 0 Å². The summed E-state index contributed by atoms with van der Waals surface area (Å²) in [6.07, 6.45) is 3.70. The van der Waals surface area contributed by atoms with Gasteiger partial charge < -0.3 is 4.74 Å². The van der Waals surface area contributed by atoms with Gasteiger partial charge in [-0.15, -0.1) is 11.3 Å². The molecule has 1 aliphatic carbocycles. The number of thiazole rings is 1. The van der Waals surface area contributed by atoms with Gasteiger partial charge >= 0.3 is 5.97 Å². The molecule has 3 nitrogen and oxygen atoms in total. The van der Waals surface area contributed by atoms with Crippen LogP contribution >= 0.6 is 11.3 Å². The van der Waals surface area contributed by atoms with Gasteiger partial charge in [0.05, 0.1) is 24.2 Å². The Balaban J connectivity index is 1.86. The van der Waals surface area contributed by atoms with Crippen molar-refractivity contribution in [2.45, 2.75) is 31.6 Å². The molecule has 76 valence electrons. The van der Waals surface area contributed by atoms with Gasteiger partial charge in [0, 0.05) is 17.7 Å². The molecular formula is C10H13NO2S. The van der Waals surface area contributed by atoms with E-state index in [4.69, 9.17) is 0 Å². The zero-order chi connectivity index (χ0) is 9.97. The molecule has 0 atom stereocenters. The van der Waals surface area contributed by atoms with E-state index in [0.29, 0.717) is 18.8 Å². The van der Waals surface area contributed by atoms with Gasteiger partial charge in [-0.3, -0.25) is 4.79 Å². The first-order valence-corrected chi connectivity index (χ1v) is 5.68. The summed E-state index contributed by atoms with van der Waals surface area (Å²) in [7, 11) is 1.42. The number of hydrogen-bond acceptors (Lipinski definition) is 4. The van der Waals surface area contributed by atoms with Gasteiger partial charge in [0.15, 0.2) is 0 Å². The Bertz CT molecular complexity index is 331. The molecule has 1 aromatic rings. The number of esters is 1. The van der Waals surface area contributed by atoms with Crippen LogP contribution in [0.1, 0.15) is 35.9 Å². The quantitative estimate of drug-likeness (QED) is 0.716. The van der Waals surface area contributed by atoms with Crippen LogP contribution in [0.2, 0.25) is 0 Å². The number of aromatic nitrogens is 1. The van der Waals surface area contributed by atoms with Crippen molar-refractivity contribution in [1.82, 2.24) is 4.98 Å². The fraction of sp³-hybridized carbons (Fsp3) is 0.600. The second-order valence-corrected chi connectivity index (χ2v) is 4.42. The maximum atomic E-state index is 10.9. The molecule has 0 radical (unpaired) electrons. The first-order chi connectivity index (χ1) is 6.79. The van der Waals surface area contributed by atoms with Crippen molar-refractivity contribution >= 4 is 17.3 Å². The van der Waals surface area contributed by atoms with Crippen LogP contribution in [0, 0.1) is 0 Å². The minimum absolute atomic E-state index is 0.161. The van der Waals surface area contributed by atoms with Crippen molar-refractivity contribution in [1.29, 1.82) is 0 Å². The first-order valence-electron chi connectivity index (χ1n) is 4.80. The van der Waals surface area contributed by atoms with Crippen molar-refractivity contribution in [2.75, 3.05) is 7.11 Å². The van der Waals surface area contributed by atoms with Gasteiger partial charge in [0.25, 0.3) is 0 Å². The summed E-state index contributed by atoms with van der Waals surface area (Å²) in [5, 5.41) is 3.29. The Hall–Kier alpha value is -0.900. The third kappa shape index (κ3) is 2.32. The van der Waals surface area contributed by atoms with Crippen LogP contribution in [0.3, 0.4) is 0 Å². The Morgan fingerprint density at radius 1 is 1.71 bits per heavy atom. The number of aryl methyl sites for hydroxylation is 1. The standard InChI is InChI=1S/C10H13NO2S/c1-13-9(12)5-4-8-6-14-10(11-8)7-2-3-7/h6-7H,2-5H2,1H3. The summed E-state index contributed by atoms with van der Waals surface area (Å²) in [6.45, 7) is 0. The maximum Gasteiger partial charge on any atom is 0.305 e. The van der Waals surface area contributed by atoms with Gasteiger partial charge in [-0.1, -0.05) is 0 Å². The van der Waals surface area contributed by atoms with E-state index in [1.54, 1.807) is 11.3 Å². The second kappa shape index (κ2) is 4.09. The Morgan fingerprint density at radius 2 is 2.50 bits per heavy atom. The normalized spacial score (nSPS) is 15.5. The highest BCUT2D eigenvalue weighted by Gasteiger charge is 2.26. The van der Waals surface area contributed by atoms with Gasteiger partial charge in [0.1, 0.15) is 0 Å². The van der Waals surface area contributed by atoms with Crippen LogP contribution in [-0.2, 0) is 16.0 Å². The lowest BCUT2D eigenvalue weighted by Crippen LogP contribution is -2.02. The van der Waals surface area contributed by atoms with E-state index in [2.05, 4.69) is 15.1 Å². The zero-order valence-electron chi connectivity index (χ0n) is 8.16. The minimum atomic E-state index is -0.161. The molecule has 1 aliphatic rings. The monoisotopic (exact) mass is 211 g/mol. The molecule has 0 N–H and O–H groups in total. The molecule has 1 fully saturated rings. The third-order valence-corrected chi connectivity index (χ3v) is 3.37. The largest absolute Gasteiger partial charge is 0.469 e. The van der Waals surface area contributed by atoms with Crippen molar-refractivity contribution in [3.63, 3.8) is 0 Å². The summed E-state index contributed by atoms with van der Waals surface area (Å²) >= 11 is 1.72. The van der Waals surface area contributed by atoms with Crippen LogP contribution in [-0.4, -0.2) is 18.1 Å². The molecule has 0 saturated heterocycles. The average molecular weight is 211 g/mol. The Morgan fingerprint density at radius 3 is 3.14 bits per heavy atom. The van der Waals surface area contributed by atoms with E-state index in [9.17, 15) is 4.79 Å². The summed E-state index contributed by atoms with van der Waals surface area (Å²) in [5.41, 5.74) is 1.03. The van der Waals surface area contributed by atoms with E-state index >= 15 is 0 Å². The lowest BCUT2D eigenvalue weighted by atomic mass is 10.2. The van der Waals surface area contributed by atoms with Crippen LogP contribution in [0.4, 0.5) is 0 Å². The molecule has 4 heteroatoms. The third-order valence-electron chi connectivity index (χ3n) is 2.31. The van der Waals surface area contributed by atoms with E-state index < -0.39 is 0 Å². The first kappa shape index (κ1) is 9.65. The van der Waals surface area contributed by atoms with E-state index in [1.165, 1.54) is 25.0 Å². The van der Waals surface area contributed by atoms with Crippen molar-refractivity contribution < 1.29 is 9.53 Å². The van der Waals surface area contributed by atoms with E-state index in [0.717, 1.165) is 5.69 Å². The predicted molar refractivity (Wildman–Crippen MR) is 54.4 cm³/mol. The Kier molecular flexibility index (Phi) is 2.82. The van der Waals surface area contributed by atoms with Crippen LogP contribution in [0.5, 0.6) is 0 Å². The summed E-state index contributed by atoms with van der Waals surface area (Å²) < 4.78 is 4.58. The maximum absolute atomic E-state index is 10.9. The van der Waals surface area contributed by atoms with Gasteiger partial charge in [-0.2, -0.15) is 0 Å². The van der Waals surface area contributed by atoms with E-state index in [-0.39, 0.29) is 5.97 Å². The molecule has 2 rings (SSSR count). The molecule has 1 aromatic heterocycles. The van der Waals surface area contributed by atoms with Crippen LogP contribution in [0.25, 0.3) is 0 Å². The number of hydrogen-bond donors (Lipinski definition) is 0. The number of ether oxygens (including phenoxy) is 1. The van der Waals surface area contributed by atoms with Crippen LogP contribution in [0.15, 0.2) is 5.38 Å². The molecule has 0 spiro atoms. The van der Waals surface area contributed by atoms with Crippen molar-refractivity contribution in [3.05, 3.63) is 16.1 Å². The highest BCUT2D eigenvalue weighted by Crippen LogP contribution is 2.41. The highest BCUT2D eigenvalue weighted by atomic mass is 32.1. The molecule has 0 amide bonds. The fourth-order valence-corrected chi connectivity index (χ4v) is 2.31. The summed E-state index contributed by atoms with van der Waals surface area (Å²) in [4.78, 5) is 15.4. The number of rotatable bonds is 4. The van der Waals surface area contributed by atoms with Crippen LogP contribution < -0.4 is 0 Å². The topological polar surface area (TPSA) is 39.2 Å². The van der Waals surface area contributed by atoms with Gasteiger partial charge in [-0.25, -0.2) is 4.98 Å². The number of methoxy groups -OCH3 is 1. The minimum Gasteiger partial charge on any atom is -0.469 e. The molecule has 1 saturated carbocycles. The zero-order valence-corrected chi connectivity index (χ0v) is 8.97. The molecule has 14 heavy (non-hydrogen) atoms. The lowest BCUT2D eigenvalue weighted by molar-refractivity contribution is -0.140. The number of carbonyl (C=O) groups is 1. The number of nitrogens with zero attached hydrogens (tertiary/aromatic N) is 1. The average Bonchev–Trinajstić information content (AvgIpc) is 2.95. The SMILES string of the molecule is COC(=O)CCc1csc(C2CC2)n1. The molecule has 0 aromatic carbocycles. The van der Waals surface area contributed by atoms with E-state index in [1.807, 2.05) is 0 Å². The molecular weight excluding hydrogens is 198 g/mol. The number of carbonyl (C=O) groups excluding carboxylic acids is 1. The Labute approximate surface area is 87.1 Å². The van der Waals surface area contributed by atoms with Crippen molar-refractivity contribution in [2.24, 2.45) is 0 Å². The predicted octanol–water partition coefficient (Wildman–Crippen LogP) is 2.13. The van der Waals surface area contributed by atoms with Gasteiger partial charge in [-0.05, 0) is 12.8 Å². The van der Waals surface area contributed by atoms with Gasteiger partial charge in [0.2, 0.25) is 0 Å². The molecule has 0 bridgehead atoms. The summed E-state index contributed by atoms with van der Waals surface area (Å²) in [6, 6.07) is 0. The highest BCUT2D eigenvalue weighted by molar-refractivity contribution is 7.09. The lowest BCUT2D eigenvalue weighted by Gasteiger charge is -1.95. The molecule has 1 heterocycles. The molecule has 0 aliphatic heterocycles. The summed E-state index contributed by atoms with van der Waals surface area (Å²) in [5.74, 6) is 0.554. The fourth-order valence-electron chi connectivity index (χ4n) is 1.29.